The van der Waals surface area contributed by atoms with Crippen molar-refractivity contribution in [1.29, 1.82) is 0 Å². The minimum atomic E-state index is -0.898. The summed E-state index contributed by atoms with van der Waals surface area (Å²) in [5.41, 5.74) is 0.976. The molecular formula is C42H67N7O7. The van der Waals surface area contributed by atoms with Crippen molar-refractivity contribution in [1.82, 2.24) is 37.2 Å². The van der Waals surface area contributed by atoms with Gasteiger partial charge in [-0.05, 0) is 94.8 Å². The van der Waals surface area contributed by atoms with Crippen molar-refractivity contribution >= 4 is 41.6 Å². The van der Waals surface area contributed by atoms with E-state index in [0.717, 1.165) is 24.8 Å². The second-order valence-electron chi connectivity index (χ2n) is 17.8. The van der Waals surface area contributed by atoms with E-state index in [0.29, 0.717) is 6.29 Å². The molecule has 1 fully saturated rings. The molecule has 5 amide bonds. The van der Waals surface area contributed by atoms with Gasteiger partial charge in [0.25, 0.3) is 0 Å². The van der Waals surface area contributed by atoms with Crippen molar-refractivity contribution in [2.24, 2.45) is 22.7 Å². The van der Waals surface area contributed by atoms with Crippen LogP contribution in [-0.2, 0) is 40.0 Å². The Kier molecular flexibility index (Phi) is 16.8. The maximum atomic E-state index is 14.4. The standard InChI is InChI=1S/C42H67N7O7/c1-24(43-9)37(53)48-35(41(3,4)5)34(52)30-21-28(22-31(30)39(55)47-32-19-13-16-26-15-11-12-18-29(26)32)45-33(51)20-14-17-27(23-50)46-40(56)36(42(6,7)8)49-38(54)25(2)44-10/h11-12,15,18,23-25,27-28,30-32,35-36,43-44H,13-14,16-17,19-22H2,1-10H3,(H,45,51)(H,46,56)(H,47,55)(H,48,53)(H,49,54)/t24-,25-,27-,28+,30?,31+,32+,35+,36?/m0/s1. The fourth-order valence-electron chi connectivity index (χ4n) is 7.57. The first-order valence-electron chi connectivity index (χ1n) is 20.1. The summed E-state index contributed by atoms with van der Waals surface area (Å²) in [7, 11) is 3.31. The first-order chi connectivity index (χ1) is 26.2. The Morgan fingerprint density at radius 2 is 1.34 bits per heavy atom. The van der Waals surface area contributed by atoms with Crippen LogP contribution < -0.4 is 37.2 Å². The summed E-state index contributed by atoms with van der Waals surface area (Å²) in [4.78, 5) is 92.7. The largest absolute Gasteiger partial charge is 0.353 e. The van der Waals surface area contributed by atoms with E-state index in [1.807, 2.05) is 59.7 Å². The molecule has 2 aliphatic rings. The van der Waals surface area contributed by atoms with Gasteiger partial charge in [-0.2, -0.15) is 0 Å². The predicted octanol–water partition coefficient (Wildman–Crippen LogP) is 2.39. The van der Waals surface area contributed by atoms with E-state index < -0.39 is 64.8 Å². The second kappa shape index (κ2) is 20.3. The van der Waals surface area contributed by atoms with Crippen LogP contribution in [0.4, 0.5) is 0 Å². The van der Waals surface area contributed by atoms with Gasteiger partial charge in [0, 0.05) is 24.3 Å². The fraction of sp³-hybridized carbons (Fsp3) is 0.690. The molecule has 56 heavy (non-hydrogen) atoms. The Balaban J connectivity index is 1.72. The van der Waals surface area contributed by atoms with E-state index in [2.05, 4.69) is 43.3 Å². The molecule has 1 saturated carbocycles. The molecule has 9 atom stereocenters. The van der Waals surface area contributed by atoms with Gasteiger partial charge in [0.1, 0.15) is 12.3 Å². The summed E-state index contributed by atoms with van der Waals surface area (Å²) in [5.74, 6) is -3.45. The Bertz CT molecular complexity index is 1570. The molecule has 0 bridgehead atoms. The molecule has 7 N–H and O–H groups in total. The maximum absolute atomic E-state index is 14.4. The number of hydrogen-bond donors (Lipinski definition) is 7. The van der Waals surface area contributed by atoms with E-state index in [4.69, 9.17) is 0 Å². The molecule has 0 aromatic heterocycles. The number of amides is 5. The summed E-state index contributed by atoms with van der Waals surface area (Å²) in [6, 6.07) is 3.69. The first kappa shape index (κ1) is 46.2. The van der Waals surface area contributed by atoms with Crippen molar-refractivity contribution in [3.05, 3.63) is 35.4 Å². The number of carbonyl (C=O) groups is 7. The summed E-state index contributed by atoms with van der Waals surface area (Å²) in [6.07, 6.45) is 4.26. The van der Waals surface area contributed by atoms with Gasteiger partial charge in [0.05, 0.1) is 30.2 Å². The Morgan fingerprint density at radius 1 is 0.768 bits per heavy atom. The van der Waals surface area contributed by atoms with Crippen LogP contribution in [0.15, 0.2) is 24.3 Å². The Morgan fingerprint density at radius 3 is 1.91 bits per heavy atom. The van der Waals surface area contributed by atoms with Gasteiger partial charge in [0.15, 0.2) is 5.78 Å². The van der Waals surface area contributed by atoms with Crippen LogP contribution in [0.2, 0.25) is 0 Å². The van der Waals surface area contributed by atoms with Gasteiger partial charge in [0.2, 0.25) is 29.5 Å². The number of aldehydes is 1. The zero-order valence-electron chi connectivity index (χ0n) is 35.1. The average Bonchev–Trinajstić information content (AvgIpc) is 3.57. The third-order valence-corrected chi connectivity index (χ3v) is 11.2. The lowest BCUT2D eigenvalue weighted by Crippen LogP contribution is -2.58. The van der Waals surface area contributed by atoms with Crippen molar-refractivity contribution < 1.29 is 33.6 Å². The molecule has 0 saturated heterocycles. The first-order valence-corrected chi connectivity index (χ1v) is 20.1. The predicted molar refractivity (Wildman–Crippen MR) is 215 cm³/mol. The van der Waals surface area contributed by atoms with E-state index in [1.165, 1.54) is 5.56 Å². The Hall–Kier alpha value is -4.17. The van der Waals surface area contributed by atoms with E-state index in [9.17, 15) is 33.6 Å². The number of fused-ring (bicyclic) bond motifs is 1. The highest BCUT2D eigenvalue weighted by Gasteiger charge is 2.48. The number of Topliss-reactive ketones (excluding diaryl/α,β-unsaturated/α-hetero) is 1. The molecule has 0 radical (unpaired) electrons. The highest BCUT2D eigenvalue weighted by atomic mass is 16.2. The molecule has 2 unspecified atom stereocenters. The summed E-state index contributed by atoms with van der Waals surface area (Å²) >= 11 is 0. The van der Waals surface area contributed by atoms with E-state index in [1.54, 1.807) is 27.9 Å². The van der Waals surface area contributed by atoms with Crippen LogP contribution in [0.1, 0.15) is 118 Å². The number of nitrogens with one attached hydrogen (secondary N) is 7. The molecule has 3 rings (SSSR count). The van der Waals surface area contributed by atoms with Crippen LogP contribution >= 0.6 is 0 Å². The summed E-state index contributed by atoms with van der Waals surface area (Å²) in [5, 5.41) is 20.4. The van der Waals surface area contributed by atoms with Gasteiger partial charge in [-0.15, -0.1) is 0 Å². The van der Waals surface area contributed by atoms with Crippen molar-refractivity contribution in [3.8, 4) is 0 Å². The van der Waals surface area contributed by atoms with Gasteiger partial charge in [-0.3, -0.25) is 28.8 Å². The minimum absolute atomic E-state index is 0.0484. The highest BCUT2D eigenvalue weighted by Crippen LogP contribution is 2.38. The zero-order chi connectivity index (χ0) is 42.0. The van der Waals surface area contributed by atoms with Crippen molar-refractivity contribution in [2.45, 2.75) is 149 Å². The molecule has 1 aromatic rings. The number of hydrogen-bond acceptors (Lipinski definition) is 9. The van der Waals surface area contributed by atoms with Crippen LogP contribution in [0.25, 0.3) is 0 Å². The number of rotatable bonds is 18. The fourth-order valence-corrected chi connectivity index (χ4v) is 7.57. The molecule has 0 aliphatic heterocycles. The normalized spacial score (nSPS) is 22.2. The summed E-state index contributed by atoms with van der Waals surface area (Å²) < 4.78 is 0. The smallest absolute Gasteiger partial charge is 0.243 e. The zero-order valence-corrected chi connectivity index (χ0v) is 35.1. The van der Waals surface area contributed by atoms with Crippen LogP contribution in [0.3, 0.4) is 0 Å². The molecule has 2 aliphatic carbocycles. The quantitative estimate of drug-likeness (QED) is 0.109. The molecular weight excluding hydrogens is 715 g/mol. The van der Waals surface area contributed by atoms with Gasteiger partial charge >= 0.3 is 0 Å². The lowest BCUT2D eigenvalue weighted by atomic mass is 9.77. The van der Waals surface area contributed by atoms with Crippen LogP contribution in [0, 0.1) is 22.7 Å². The van der Waals surface area contributed by atoms with Gasteiger partial charge in [-0.1, -0.05) is 65.8 Å². The molecule has 0 spiro atoms. The number of carbonyl (C=O) groups excluding carboxylic acids is 7. The number of benzene rings is 1. The highest BCUT2D eigenvalue weighted by molar-refractivity contribution is 5.96. The number of ketones is 1. The van der Waals surface area contributed by atoms with E-state index >= 15 is 0 Å². The minimum Gasteiger partial charge on any atom is -0.353 e. The molecule has 312 valence electrons. The maximum Gasteiger partial charge on any atom is 0.243 e. The van der Waals surface area contributed by atoms with Gasteiger partial charge in [-0.25, -0.2) is 0 Å². The lowest BCUT2D eigenvalue weighted by Gasteiger charge is -2.34. The molecule has 0 heterocycles. The van der Waals surface area contributed by atoms with E-state index in [-0.39, 0.29) is 67.6 Å². The topological polar surface area (TPSA) is 204 Å². The average molecular weight is 782 g/mol. The number of likely N-dealkylation sites (N-methyl/N-ethyl adjacent to an activating group) is 2. The second-order valence-corrected chi connectivity index (χ2v) is 17.8. The molecule has 14 heteroatoms. The van der Waals surface area contributed by atoms with Gasteiger partial charge < -0.3 is 42.0 Å². The third-order valence-electron chi connectivity index (χ3n) is 11.2. The van der Waals surface area contributed by atoms with Crippen molar-refractivity contribution in [2.75, 3.05) is 14.1 Å². The SMILES string of the molecule is CN[C@@H](C)C(=O)NC(C(=O)N[C@H](C=O)CCCC(=O)N[C@@H]1CC(C(=O)[C@@H](NC(=O)[C@H](C)NC)C(C)(C)C)[C@H](C(=O)N[C@@H]2CCCc3ccccc32)C1)C(C)(C)C. The lowest BCUT2D eigenvalue weighted by molar-refractivity contribution is -0.137. The third kappa shape index (κ3) is 12.7. The Labute approximate surface area is 333 Å². The summed E-state index contributed by atoms with van der Waals surface area (Å²) in [6.45, 7) is 14.5. The van der Waals surface area contributed by atoms with Crippen LogP contribution in [-0.4, -0.2) is 92.0 Å². The van der Waals surface area contributed by atoms with Crippen LogP contribution in [0.5, 0.6) is 0 Å². The monoisotopic (exact) mass is 782 g/mol. The number of aryl methyl sites for hydroxylation is 1. The van der Waals surface area contributed by atoms with Crippen molar-refractivity contribution in [3.63, 3.8) is 0 Å². The molecule has 1 aromatic carbocycles. The molecule has 14 nitrogen and oxygen atoms in total.